The summed E-state index contributed by atoms with van der Waals surface area (Å²) in [6.07, 6.45) is 2.18. The third-order valence-corrected chi connectivity index (χ3v) is 10.6. The Kier molecular flexibility index (Phi) is 16.5. The predicted octanol–water partition coefficient (Wildman–Crippen LogP) is 0.0330. The van der Waals surface area contributed by atoms with Crippen LogP contribution in [0.3, 0.4) is 0 Å². The molecule has 0 amide bonds. The van der Waals surface area contributed by atoms with Crippen molar-refractivity contribution in [2.75, 3.05) is 13.2 Å². The molecule has 1 fully saturated rings. The molecule has 0 aliphatic carbocycles. The number of H-pyrrole nitrogens is 1. The number of aliphatic hydroxyl groups is 2. The zero-order valence-electron chi connectivity index (χ0n) is 26.5. The van der Waals surface area contributed by atoms with E-state index in [2.05, 4.69) is 43.7 Å². The second kappa shape index (κ2) is 19.3. The van der Waals surface area contributed by atoms with Crippen molar-refractivity contribution < 1.29 is 76.8 Å². The van der Waals surface area contributed by atoms with Crippen LogP contribution in [0.2, 0.25) is 0 Å². The van der Waals surface area contributed by atoms with Gasteiger partial charge in [-0.3, -0.25) is 23.5 Å². The van der Waals surface area contributed by atoms with Gasteiger partial charge in [0.25, 0.3) is 21.2 Å². The van der Waals surface area contributed by atoms with Crippen LogP contribution in [0.5, 0.6) is 0 Å². The molecule has 2 aromatic carbocycles. The van der Waals surface area contributed by atoms with Crippen LogP contribution in [0.1, 0.15) is 63.2 Å². The molecule has 0 bridgehead atoms. The van der Waals surface area contributed by atoms with Gasteiger partial charge in [0, 0.05) is 18.7 Å². The summed E-state index contributed by atoms with van der Waals surface area (Å²) in [5.41, 5.74) is -0.405. The Hall–Kier alpha value is -1.39. The van der Waals surface area contributed by atoms with Gasteiger partial charge in [0.05, 0.1) is 13.2 Å². The molecule has 0 spiro atoms. The first-order chi connectivity index (χ1) is 22.3. The standard InChI is InChI=1S/C30H40N2O12P2S.Na/c33-26-16-17-32(30(36)31-26)29-28(35)27(34)25(43-29)20-42-46(39,40)44-45(37,38)41-18-9-5-3-1-2-4-6-14-23(47)19-22-13-10-12-21-11-7-8-15-24(21)22;/h7-8,10-13,15-17,25,27-29,34-35H,1-6,9,14,18-20H2,(H,37,38)(H,39,40)(H,31,33,36);/q;+1/p-2. The van der Waals surface area contributed by atoms with Gasteiger partial charge in [-0.05, 0) is 40.5 Å². The number of aromatic nitrogens is 2. The summed E-state index contributed by atoms with van der Waals surface area (Å²) in [5, 5.41) is 22.8. The van der Waals surface area contributed by atoms with Crippen molar-refractivity contribution in [3.05, 3.63) is 81.1 Å². The van der Waals surface area contributed by atoms with Crippen molar-refractivity contribution in [1.29, 1.82) is 0 Å². The van der Waals surface area contributed by atoms with Crippen molar-refractivity contribution in [2.45, 2.75) is 82.3 Å². The van der Waals surface area contributed by atoms with E-state index < -0.39 is 58.0 Å². The normalized spacial score (nSPS) is 21.8. The fourth-order valence-corrected chi connectivity index (χ4v) is 7.63. The average Bonchev–Trinajstić information content (AvgIpc) is 3.29. The minimum Gasteiger partial charge on any atom is -0.756 e. The molecule has 3 N–H and O–H groups in total. The number of phosphoric ester groups is 2. The van der Waals surface area contributed by atoms with Gasteiger partial charge in [0.15, 0.2) is 6.23 Å². The van der Waals surface area contributed by atoms with Crippen LogP contribution in [0.4, 0.5) is 0 Å². The van der Waals surface area contributed by atoms with Crippen molar-refractivity contribution in [3.63, 3.8) is 0 Å². The first-order valence-electron chi connectivity index (χ1n) is 15.3. The van der Waals surface area contributed by atoms with Gasteiger partial charge in [-0.25, -0.2) is 9.11 Å². The quantitative estimate of drug-likeness (QED) is 0.0643. The van der Waals surface area contributed by atoms with Gasteiger partial charge in [-0.2, -0.15) is 0 Å². The van der Waals surface area contributed by atoms with E-state index in [1.165, 1.54) is 16.3 Å². The number of thiocarbonyl (C=S) groups is 1. The molecular formula is C30H38N2NaO12P2S-. The minimum atomic E-state index is -5.48. The molecule has 18 heteroatoms. The summed E-state index contributed by atoms with van der Waals surface area (Å²) in [4.78, 5) is 50.3. The van der Waals surface area contributed by atoms with Crippen LogP contribution in [0.15, 0.2) is 64.3 Å². The Morgan fingerprint density at radius 2 is 1.54 bits per heavy atom. The van der Waals surface area contributed by atoms with Crippen LogP contribution < -0.4 is 50.6 Å². The first-order valence-corrected chi connectivity index (χ1v) is 18.6. The number of nitrogens with zero attached hydrogens (tertiary/aromatic N) is 1. The average molecular weight is 736 g/mol. The van der Waals surface area contributed by atoms with E-state index >= 15 is 0 Å². The molecule has 2 heterocycles. The Morgan fingerprint density at radius 3 is 2.27 bits per heavy atom. The van der Waals surface area contributed by atoms with Gasteiger partial charge < -0.3 is 33.8 Å². The summed E-state index contributed by atoms with van der Waals surface area (Å²) in [5.74, 6) is 0. The number of nitrogens with one attached hydrogen (secondary N) is 1. The van der Waals surface area contributed by atoms with Crippen molar-refractivity contribution in [2.24, 2.45) is 0 Å². The van der Waals surface area contributed by atoms with Crippen LogP contribution in [0, 0.1) is 0 Å². The number of ether oxygens (including phenoxy) is 1. The molecule has 1 aromatic heterocycles. The maximum Gasteiger partial charge on any atom is 1.00 e. The third kappa shape index (κ3) is 12.4. The molecule has 3 aromatic rings. The van der Waals surface area contributed by atoms with Crippen LogP contribution in [-0.2, 0) is 33.6 Å². The zero-order valence-corrected chi connectivity index (χ0v) is 31.1. The number of benzene rings is 2. The monoisotopic (exact) mass is 735 g/mol. The maximum absolute atomic E-state index is 12.1. The summed E-state index contributed by atoms with van der Waals surface area (Å²) in [6, 6.07) is 15.5. The van der Waals surface area contributed by atoms with Crippen molar-refractivity contribution >= 4 is 43.5 Å². The van der Waals surface area contributed by atoms with Crippen molar-refractivity contribution in [1.82, 2.24) is 9.55 Å². The summed E-state index contributed by atoms with van der Waals surface area (Å²) in [6.45, 7) is -1.22. The molecule has 0 radical (unpaired) electrons. The molecule has 0 saturated carbocycles. The first kappa shape index (κ1) is 41.0. The number of rotatable bonds is 19. The molecule has 6 unspecified atom stereocenters. The fourth-order valence-electron chi connectivity index (χ4n) is 5.29. The van der Waals surface area contributed by atoms with E-state index in [4.69, 9.17) is 17.0 Å². The molecule has 258 valence electrons. The molecule has 4 rings (SSSR count). The summed E-state index contributed by atoms with van der Waals surface area (Å²) in [7, 11) is -10.8. The maximum atomic E-state index is 12.1. The summed E-state index contributed by atoms with van der Waals surface area (Å²) >= 11 is 5.63. The van der Waals surface area contributed by atoms with Gasteiger partial charge >= 0.3 is 35.2 Å². The number of aromatic amines is 1. The number of hydrogen-bond acceptors (Lipinski definition) is 13. The second-order valence-electron chi connectivity index (χ2n) is 11.2. The van der Waals surface area contributed by atoms with E-state index in [0.717, 1.165) is 66.6 Å². The minimum absolute atomic E-state index is 0. The molecule has 1 aliphatic heterocycles. The van der Waals surface area contributed by atoms with Gasteiger partial charge in [0.1, 0.15) is 18.3 Å². The fraction of sp³-hybridized carbons (Fsp3) is 0.500. The van der Waals surface area contributed by atoms with Crippen LogP contribution in [0.25, 0.3) is 10.8 Å². The smallest absolute Gasteiger partial charge is 0.756 e. The Labute approximate surface area is 304 Å². The molecule has 1 saturated heterocycles. The number of hydrogen-bond donors (Lipinski definition) is 3. The number of aliphatic hydroxyl groups excluding tert-OH is 2. The third-order valence-electron chi connectivity index (χ3n) is 7.68. The molecule has 48 heavy (non-hydrogen) atoms. The molecule has 6 atom stereocenters. The molecule has 14 nitrogen and oxygen atoms in total. The van der Waals surface area contributed by atoms with Crippen molar-refractivity contribution in [3.8, 4) is 0 Å². The van der Waals surface area contributed by atoms with Gasteiger partial charge in [-0.15, -0.1) is 0 Å². The second-order valence-corrected chi connectivity index (χ2v) is 14.8. The van der Waals surface area contributed by atoms with E-state index in [-0.39, 0.29) is 36.2 Å². The Bertz CT molecular complexity index is 1720. The molecule has 1 aliphatic rings. The van der Waals surface area contributed by atoms with E-state index in [1.54, 1.807) is 0 Å². The van der Waals surface area contributed by atoms with E-state index in [9.17, 15) is 38.7 Å². The molecular weight excluding hydrogens is 697 g/mol. The van der Waals surface area contributed by atoms with Crippen LogP contribution >= 0.6 is 27.9 Å². The SMILES string of the molecule is O=c1ccn(C2OC(COP(=O)([O-])OP(=O)([O-])OCCCCCCCCCC(=S)Cc3cccc4ccccc34)C(O)C2O)c(=O)[nH]1.[Na+]. The topological polar surface area (TPSA) is 212 Å². The summed E-state index contributed by atoms with van der Waals surface area (Å²) < 4.78 is 43.5. The Morgan fingerprint density at radius 1 is 0.896 bits per heavy atom. The van der Waals surface area contributed by atoms with E-state index in [1.807, 2.05) is 17.1 Å². The van der Waals surface area contributed by atoms with E-state index in [0.29, 0.717) is 12.8 Å². The zero-order chi connectivity index (χ0) is 34.0. The number of fused-ring (bicyclic) bond motifs is 1. The van der Waals surface area contributed by atoms with Gasteiger partial charge in [0.2, 0.25) is 0 Å². The number of phosphoric acid groups is 2. The largest absolute Gasteiger partial charge is 1.00 e. The predicted molar refractivity (Wildman–Crippen MR) is 173 cm³/mol. The van der Waals surface area contributed by atoms with Crippen LogP contribution in [-0.4, -0.2) is 56.2 Å². The Balaban J connectivity index is 0.00000625. The number of unbranched alkanes of at least 4 members (excludes halogenated alkanes) is 6. The van der Waals surface area contributed by atoms with Gasteiger partial charge in [-0.1, -0.05) is 86.8 Å².